The van der Waals surface area contributed by atoms with Gasteiger partial charge in [0.2, 0.25) is 0 Å². The summed E-state index contributed by atoms with van der Waals surface area (Å²) in [7, 11) is 0. The molecule has 0 aliphatic rings. The van der Waals surface area contributed by atoms with Crippen molar-refractivity contribution in [1.29, 1.82) is 0 Å². The van der Waals surface area contributed by atoms with E-state index in [4.69, 9.17) is 4.74 Å². The Bertz CT molecular complexity index is 1030. The number of halogens is 2. The van der Waals surface area contributed by atoms with Gasteiger partial charge >= 0.3 is 5.97 Å². The molecule has 0 aliphatic heterocycles. The number of rotatable bonds is 7. The number of hydrogen-bond acceptors (Lipinski definition) is 4. The number of nitrogens with one attached hydrogen (secondary N) is 1. The van der Waals surface area contributed by atoms with Crippen molar-refractivity contribution in [3.63, 3.8) is 0 Å². The first kappa shape index (κ1) is 19.9. The zero-order valence-electron chi connectivity index (χ0n) is 15.2. The van der Waals surface area contributed by atoms with Gasteiger partial charge in [0.15, 0.2) is 6.61 Å². The number of carbonyl (C=O) groups is 2. The highest BCUT2D eigenvalue weighted by Crippen LogP contribution is 2.14. The lowest BCUT2D eigenvalue weighted by atomic mass is 10.2. The summed E-state index contributed by atoms with van der Waals surface area (Å²) in [5.74, 6) is -3.16. The molecule has 0 unspecified atom stereocenters. The fraction of sp³-hybridized carbons (Fsp3) is 0.0952. The smallest absolute Gasteiger partial charge is 0.331 e. The van der Waals surface area contributed by atoms with Gasteiger partial charge in [0.05, 0.1) is 18.4 Å². The molecule has 8 heteroatoms. The van der Waals surface area contributed by atoms with Gasteiger partial charge in [-0.2, -0.15) is 5.10 Å². The summed E-state index contributed by atoms with van der Waals surface area (Å²) in [4.78, 5) is 23.5. The Balaban J connectivity index is 1.46. The first-order valence-corrected chi connectivity index (χ1v) is 8.66. The van der Waals surface area contributed by atoms with E-state index in [1.54, 1.807) is 17.1 Å². The Morgan fingerprint density at radius 2 is 1.93 bits per heavy atom. The van der Waals surface area contributed by atoms with Crippen LogP contribution in [-0.2, 0) is 20.9 Å². The molecule has 0 spiro atoms. The molecule has 1 N–H and O–H groups in total. The van der Waals surface area contributed by atoms with E-state index in [2.05, 4.69) is 10.4 Å². The molecule has 6 nitrogen and oxygen atoms in total. The molecule has 0 saturated heterocycles. The van der Waals surface area contributed by atoms with Crippen molar-refractivity contribution >= 4 is 23.6 Å². The van der Waals surface area contributed by atoms with Crippen molar-refractivity contribution in [3.8, 4) is 0 Å². The molecule has 1 amide bonds. The zero-order valence-corrected chi connectivity index (χ0v) is 15.2. The normalized spacial score (nSPS) is 10.8. The van der Waals surface area contributed by atoms with Gasteiger partial charge in [-0.05, 0) is 23.8 Å². The number of esters is 1. The van der Waals surface area contributed by atoms with Crippen LogP contribution in [0.3, 0.4) is 0 Å². The minimum Gasteiger partial charge on any atom is -0.452 e. The molecular formula is C21H17F2N3O3. The van der Waals surface area contributed by atoms with Gasteiger partial charge in [-0.15, -0.1) is 0 Å². The number of carbonyl (C=O) groups excluding carboxylic acids is 2. The summed E-state index contributed by atoms with van der Waals surface area (Å²) >= 11 is 0. The Morgan fingerprint density at radius 1 is 1.14 bits per heavy atom. The molecule has 3 rings (SSSR count). The second-order valence-electron chi connectivity index (χ2n) is 6.07. The highest BCUT2D eigenvalue weighted by molar-refractivity contribution is 5.94. The summed E-state index contributed by atoms with van der Waals surface area (Å²) in [5.41, 5.74) is 1.58. The van der Waals surface area contributed by atoms with E-state index in [0.717, 1.165) is 23.8 Å². The first-order valence-electron chi connectivity index (χ1n) is 8.66. The minimum atomic E-state index is -0.919. The molecule has 0 atom stereocenters. The van der Waals surface area contributed by atoms with Gasteiger partial charge in [-0.25, -0.2) is 13.6 Å². The van der Waals surface area contributed by atoms with Crippen LogP contribution in [0.25, 0.3) is 6.08 Å². The topological polar surface area (TPSA) is 73.2 Å². The lowest BCUT2D eigenvalue weighted by Gasteiger charge is -2.06. The number of nitrogens with zero attached hydrogens (tertiary/aromatic N) is 2. The van der Waals surface area contributed by atoms with Crippen LogP contribution in [0.15, 0.2) is 67.0 Å². The Labute approximate surface area is 165 Å². The van der Waals surface area contributed by atoms with Crippen LogP contribution in [0.5, 0.6) is 0 Å². The fourth-order valence-electron chi connectivity index (χ4n) is 2.45. The van der Waals surface area contributed by atoms with Crippen molar-refractivity contribution < 1.29 is 23.1 Å². The van der Waals surface area contributed by atoms with Crippen LogP contribution in [0.2, 0.25) is 0 Å². The molecule has 1 heterocycles. The maximum Gasteiger partial charge on any atom is 0.331 e. The maximum absolute atomic E-state index is 13.5. The number of anilines is 1. The van der Waals surface area contributed by atoms with Gasteiger partial charge in [-0.1, -0.05) is 30.3 Å². The Hall–Kier alpha value is -3.81. The van der Waals surface area contributed by atoms with E-state index in [1.165, 1.54) is 6.08 Å². The van der Waals surface area contributed by atoms with E-state index in [0.29, 0.717) is 18.2 Å². The van der Waals surface area contributed by atoms with Crippen LogP contribution >= 0.6 is 0 Å². The molecular weight excluding hydrogens is 380 g/mol. The fourth-order valence-corrected chi connectivity index (χ4v) is 2.45. The number of ether oxygens (including phenoxy) is 1. The predicted molar refractivity (Wildman–Crippen MR) is 103 cm³/mol. The number of hydrogen-bond donors (Lipinski definition) is 1. The summed E-state index contributed by atoms with van der Waals surface area (Å²) in [6, 6.07) is 12.5. The molecule has 0 bridgehead atoms. The third kappa shape index (κ3) is 6.10. The van der Waals surface area contributed by atoms with Crippen molar-refractivity contribution in [2.45, 2.75) is 6.54 Å². The van der Waals surface area contributed by atoms with Gasteiger partial charge < -0.3 is 10.1 Å². The van der Waals surface area contributed by atoms with E-state index in [1.807, 2.05) is 30.3 Å². The quantitative estimate of drug-likeness (QED) is 0.490. The maximum atomic E-state index is 13.5. The van der Waals surface area contributed by atoms with Crippen molar-refractivity contribution in [3.05, 3.63) is 89.8 Å². The Morgan fingerprint density at radius 3 is 2.69 bits per heavy atom. The highest BCUT2D eigenvalue weighted by atomic mass is 19.1. The van der Waals surface area contributed by atoms with Crippen molar-refractivity contribution in [1.82, 2.24) is 9.78 Å². The lowest BCUT2D eigenvalue weighted by molar-refractivity contribution is -0.142. The minimum absolute atomic E-state index is 0.200. The average molecular weight is 397 g/mol. The van der Waals surface area contributed by atoms with Crippen molar-refractivity contribution in [2.75, 3.05) is 11.9 Å². The third-order valence-electron chi connectivity index (χ3n) is 3.80. The SMILES string of the molecule is O=C(COC(=O)/C=C/c1cnn(Cc2ccccc2)c1)Nc1ccc(F)cc1F. The molecule has 0 aliphatic carbocycles. The largest absolute Gasteiger partial charge is 0.452 e. The van der Waals surface area contributed by atoms with Crippen LogP contribution < -0.4 is 5.32 Å². The van der Waals surface area contributed by atoms with Crippen LogP contribution in [-0.4, -0.2) is 28.3 Å². The van der Waals surface area contributed by atoms with E-state index < -0.39 is 30.1 Å². The summed E-state index contributed by atoms with van der Waals surface area (Å²) < 4.78 is 32.8. The highest BCUT2D eigenvalue weighted by Gasteiger charge is 2.10. The van der Waals surface area contributed by atoms with E-state index in [-0.39, 0.29) is 5.69 Å². The number of amides is 1. The standard InChI is InChI=1S/C21H17F2N3O3/c22-17-7-8-19(18(23)10-17)25-20(27)14-29-21(28)9-6-16-11-24-26(13-16)12-15-4-2-1-3-5-15/h1-11,13H,12,14H2,(H,25,27)/b9-6+. The third-order valence-corrected chi connectivity index (χ3v) is 3.80. The van der Waals surface area contributed by atoms with Gasteiger partial charge in [0, 0.05) is 23.9 Å². The van der Waals surface area contributed by atoms with E-state index >= 15 is 0 Å². The van der Waals surface area contributed by atoms with Crippen molar-refractivity contribution in [2.24, 2.45) is 0 Å². The number of aromatic nitrogens is 2. The summed E-state index contributed by atoms with van der Waals surface area (Å²) in [5, 5.41) is 6.41. The molecule has 0 radical (unpaired) electrons. The second kappa shape index (κ2) is 9.41. The molecule has 148 valence electrons. The molecule has 2 aromatic carbocycles. The molecule has 0 saturated carbocycles. The zero-order chi connectivity index (χ0) is 20.6. The lowest BCUT2D eigenvalue weighted by Crippen LogP contribution is -2.20. The van der Waals surface area contributed by atoms with Crippen LogP contribution in [0, 0.1) is 11.6 Å². The summed E-state index contributed by atoms with van der Waals surface area (Å²) in [6.07, 6.45) is 6.03. The van der Waals surface area contributed by atoms with Gasteiger partial charge in [-0.3, -0.25) is 9.48 Å². The van der Waals surface area contributed by atoms with E-state index in [9.17, 15) is 18.4 Å². The average Bonchev–Trinajstić information content (AvgIpc) is 3.15. The first-order chi connectivity index (χ1) is 14.0. The molecule has 29 heavy (non-hydrogen) atoms. The summed E-state index contributed by atoms with van der Waals surface area (Å²) in [6.45, 7) is -0.00744. The molecule has 1 aromatic heterocycles. The van der Waals surface area contributed by atoms with Crippen LogP contribution in [0.1, 0.15) is 11.1 Å². The molecule has 3 aromatic rings. The Kier molecular flexibility index (Phi) is 6.47. The molecule has 0 fully saturated rings. The monoisotopic (exact) mass is 397 g/mol. The van der Waals surface area contributed by atoms with Gasteiger partial charge in [0.25, 0.3) is 5.91 Å². The number of benzene rings is 2. The second-order valence-corrected chi connectivity index (χ2v) is 6.07. The van der Waals surface area contributed by atoms with Crippen LogP contribution in [0.4, 0.5) is 14.5 Å². The van der Waals surface area contributed by atoms with Gasteiger partial charge in [0.1, 0.15) is 11.6 Å². The predicted octanol–water partition coefficient (Wildman–Crippen LogP) is 3.40.